The third-order valence-corrected chi connectivity index (χ3v) is 2.94. The molecule has 0 bridgehead atoms. The molecule has 0 fully saturated rings. The number of carbonyl (C=O) groups excluding carboxylic acids is 1. The van der Waals surface area contributed by atoms with Gasteiger partial charge in [-0.25, -0.2) is 4.98 Å². The Morgan fingerprint density at radius 3 is 2.47 bits per heavy atom. The van der Waals surface area contributed by atoms with E-state index in [4.69, 9.17) is 4.74 Å². The van der Waals surface area contributed by atoms with Crippen molar-refractivity contribution in [1.29, 1.82) is 0 Å². The van der Waals surface area contributed by atoms with Crippen LogP contribution in [0, 0.1) is 0 Å². The number of benzene rings is 1. The summed E-state index contributed by atoms with van der Waals surface area (Å²) in [6, 6.07) is 11.2. The zero-order valence-electron chi connectivity index (χ0n) is 11.3. The molecule has 0 spiro atoms. The van der Waals surface area contributed by atoms with Gasteiger partial charge in [0.1, 0.15) is 11.6 Å². The molecule has 0 aliphatic heterocycles. The van der Waals surface area contributed by atoms with Crippen LogP contribution in [0.2, 0.25) is 0 Å². The number of pyridine rings is 1. The maximum Gasteiger partial charge on any atom is 0.163 e. The Kier molecular flexibility index (Phi) is 3.80. The van der Waals surface area contributed by atoms with Crippen LogP contribution in [-0.2, 0) is 0 Å². The minimum atomic E-state index is 0.00321. The van der Waals surface area contributed by atoms with E-state index in [0.29, 0.717) is 11.4 Å². The lowest BCUT2D eigenvalue weighted by atomic mass is 10.1. The molecule has 1 heterocycles. The van der Waals surface area contributed by atoms with Crippen molar-refractivity contribution in [2.24, 2.45) is 0 Å². The Labute approximate surface area is 112 Å². The number of anilines is 2. The molecule has 0 saturated carbocycles. The second-order valence-corrected chi connectivity index (χ2v) is 4.19. The molecule has 1 aromatic carbocycles. The first-order valence-corrected chi connectivity index (χ1v) is 5.97. The molecule has 0 aliphatic carbocycles. The summed E-state index contributed by atoms with van der Waals surface area (Å²) in [5, 5.41) is 0. The molecule has 4 heteroatoms. The SMILES string of the molecule is COc1ccc(N(C)c2ncccc2C(C)=O)cc1. The van der Waals surface area contributed by atoms with Gasteiger partial charge < -0.3 is 9.64 Å². The number of rotatable bonds is 4. The van der Waals surface area contributed by atoms with Crippen molar-refractivity contribution in [3.05, 3.63) is 48.2 Å². The van der Waals surface area contributed by atoms with Gasteiger partial charge in [0.15, 0.2) is 5.78 Å². The molecule has 2 rings (SSSR count). The number of hydrogen-bond donors (Lipinski definition) is 0. The summed E-state index contributed by atoms with van der Waals surface area (Å²) >= 11 is 0. The monoisotopic (exact) mass is 256 g/mol. The van der Waals surface area contributed by atoms with E-state index in [-0.39, 0.29) is 5.78 Å². The van der Waals surface area contributed by atoms with Crippen LogP contribution in [-0.4, -0.2) is 24.9 Å². The second kappa shape index (κ2) is 5.52. The molecule has 1 aromatic heterocycles. The summed E-state index contributed by atoms with van der Waals surface area (Å²) in [5.74, 6) is 1.45. The highest BCUT2D eigenvalue weighted by molar-refractivity contribution is 5.99. The molecule has 0 aliphatic rings. The van der Waals surface area contributed by atoms with Gasteiger partial charge in [-0.1, -0.05) is 0 Å². The van der Waals surface area contributed by atoms with Crippen LogP contribution in [0.4, 0.5) is 11.5 Å². The van der Waals surface area contributed by atoms with Crippen LogP contribution in [0.3, 0.4) is 0 Å². The van der Waals surface area contributed by atoms with Crippen molar-refractivity contribution in [2.75, 3.05) is 19.1 Å². The summed E-state index contributed by atoms with van der Waals surface area (Å²) in [4.78, 5) is 17.8. The van der Waals surface area contributed by atoms with E-state index >= 15 is 0 Å². The number of hydrogen-bond acceptors (Lipinski definition) is 4. The molecule has 2 aromatic rings. The number of nitrogens with zero attached hydrogens (tertiary/aromatic N) is 2. The van der Waals surface area contributed by atoms with Crippen molar-refractivity contribution in [2.45, 2.75) is 6.92 Å². The Bertz CT molecular complexity index is 579. The normalized spacial score (nSPS) is 10.1. The van der Waals surface area contributed by atoms with E-state index in [1.807, 2.05) is 36.2 Å². The minimum absolute atomic E-state index is 0.00321. The predicted molar refractivity (Wildman–Crippen MR) is 75.3 cm³/mol. The Morgan fingerprint density at radius 1 is 1.21 bits per heavy atom. The first-order chi connectivity index (χ1) is 9.13. The predicted octanol–water partition coefficient (Wildman–Crippen LogP) is 3.06. The van der Waals surface area contributed by atoms with Crippen LogP contribution >= 0.6 is 0 Å². The highest BCUT2D eigenvalue weighted by Gasteiger charge is 2.13. The van der Waals surface area contributed by atoms with E-state index < -0.39 is 0 Å². The molecular weight excluding hydrogens is 240 g/mol. The van der Waals surface area contributed by atoms with Crippen LogP contribution in [0.1, 0.15) is 17.3 Å². The molecule has 0 radical (unpaired) electrons. The fourth-order valence-electron chi connectivity index (χ4n) is 1.87. The molecule has 0 amide bonds. The lowest BCUT2D eigenvalue weighted by Gasteiger charge is -2.20. The zero-order valence-corrected chi connectivity index (χ0v) is 11.3. The average Bonchev–Trinajstić information content (AvgIpc) is 2.46. The highest BCUT2D eigenvalue weighted by atomic mass is 16.5. The highest BCUT2D eigenvalue weighted by Crippen LogP contribution is 2.26. The molecule has 0 unspecified atom stereocenters. The molecule has 4 nitrogen and oxygen atoms in total. The number of ketones is 1. The van der Waals surface area contributed by atoms with Crippen LogP contribution < -0.4 is 9.64 Å². The third kappa shape index (κ3) is 2.73. The number of carbonyl (C=O) groups is 1. The van der Waals surface area contributed by atoms with Crippen LogP contribution in [0.5, 0.6) is 5.75 Å². The molecule has 0 N–H and O–H groups in total. The lowest BCUT2D eigenvalue weighted by Crippen LogP contribution is -2.14. The smallest absolute Gasteiger partial charge is 0.163 e. The summed E-state index contributed by atoms with van der Waals surface area (Å²) in [7, 11) is 3.52. The van der Waals surface area contributed by atoms with Gasteiger partial charge in [-0.2, -0.15) is 0 Å². The summed E-state index contributed by atoms with van der Waals surface area (Å²) in [6.07, 6.45) is 1.68. The van der Waals surface area contributed by atoms with E-state index in [1.54, 1.807) is 32.4 Å². The van der Waals surface area contributed by atoms with Gasteiger partial charge in [-0.3, -0.25) is 4.79 Å². The maximum atomic E-state index is 11.6. The second-order valence-electron chi connectivity index (χ2n) is 4.19. The Morgan fingerprint density at radius 2 is 1.89 bits per heavy atom. The standard InChI is InChI=1S/C15H16N2O2/c1-11(18)14-5-4-10-16-15(14)17(2)12-6-8-13(19-3)9-7-12/h4-10H,1-3H3. The van der Waals surface area contributed by atoms with E-state index in [1.165, 1.54) is 0 Å². The molecule has 0 saturated heterocycles. The van der Waals surface area contributed by atoms with Crippen molar-refractivity contribution in [3.8, 4) is 5.75 Å². The van der Waals surface area contributed by atoms with Crippen LogP contribution in [0.15, 0.2) is 42.6 Å². The number of aromatic nitrogens is 1. The van der Waals surface area contributed by atoms with E-state index in [2.05, 4.69) is 4.98 Å². The van der Waals surface area contributed by atoms with Crippen molar-refractivity contribution >= 4 is 17.3 Å². The fraction of sp³-hybridized carbons (Fsp3) is 0.200. The first-order valence-electron chi connectivity index (χ1n) is 5.97. The summed E-state index contributed by atoms with van der Waals surface area (Å²) in [5.41, 5.74) is 1.56. The lowest BCUT2D eigenvalue weighted by molar-refractivity contribution is 0.101. The van der Waals surface area contributed by atoms with Crippen molar-refractivity contribution in [1.82, 2.24) is 4.98 Å². The van der Waals surface area contributed by atoms with Gasteiger partial charge in [0.05, 0.1) is 12.7 Å². The van der Waals surface area contributed by atoms with E-state index in [9.17, 15) is 4.79 Å². The zero-order chi connectivity index (χ0) is 13.8. The van der Waals surface area contributed by atoms with E-state index in [0.717, 1.165) is 11.4 Å². The van der Waals surface area contributed by atoms with Gasteiger partial charge >= 0.3 is 0 Å². The summed E-state index contributed by atoms with van der Waals surface area (Å²) in [6.45, 7) is 1.54. The number of ether oxygens (including phenoxy) is 1. The summed E-state index contributed by atoms with van der Waals surface area (Å²) < 4.78 is 5.13. The molecule has 98 valence electrons. The number of methoxy groups -OCH3 is 1. The van der Waals surface area contributed by atoms with Crippen molar-refractivity contribution < 1.29 is 9.53 Å². The average molecular weight is 256 g/mol. The minimum Gasteiger partial charge on any atom is -0.497 e. The van der Waals surface area contributed by atoms with Gasteiger partial charge in [-0.15, -0.1) is 0 Å². The molecular formula is C15H16N2O2. The Balaban J connectivity index is 2.37. The van der Waals surface area contributed by atoms with Gasteiger partial charge in [0.2, 0.25) is 0 Å². The molecule has 0 atom stereocenters. The van der Waals surface area contributed by atoms with Gasteiger partial charge in [-0.05, 0) is 43.3 Å². The van der Waals surface area contributed by atoms with Gasteiger partial charge in [0, 0.05) is 18.9 Å². The quantitative estimate of drug-likeness (QED) is 0.788. The Hall–Kier alpha value is -2.36. The van der Waals surface area contributed by atoms with Crippen molar-refractivity contribution in [3.63, 3.8) is 0 Å². The number of Topliss-reactive ketones (excluding diaryl/α,β-unsaturated/α-hetero) is 1. The maximum absolute atomic E-state index is 11.6. The third-order valence-electron chi connectivity index (χ3n) is 2.94. The topological polar surface area (TPSA) is 42.4 Å². The van der Waals surface area contributed by atoms with Crippen LogP contribution in [0.25, 0.3) is 0 Å². The molecule has 19 heavy (non-hydrogen) atoms. The largest absolute Gasteiger partial charge is 0.497 e. The van der Waals surface area contributed by atoms with Gasteiger partial charge in [0.25, 0.3) is 0 Å². The fourth-order valence-corrected chi connectivity index (χ4v) is 1.87. The first kappa shape index (κ1) is 13.1.